The zero-order chi connectivity index (χ0) is 25.1. The fourth-order valence-electron chi connectivity index (χ4n) is 4.47. The number of nitrogens with one attached hydrogen (secondary N) is 2. The van der Waals surface area contributed by atoms with E-state index < -0.39 is 0 Å². The Morgan fingerprint density at radius 3 is 2.81 bits per heavy atom. The highest BCUT2D eigenvalue weighted by Gasteiger charge is 2.25. The molecule has 3 N–H and O–H groups in total. The summed E-state index contributed by atoms with van der Waals surface area (Å²) < 4.78 is 1.12. The number of aromatic nitrogens is 3. The van der Waals surface area contributed by atoms with Crippen LogP contribution in [0, 0.1) is 5.92 Å². The van der Waals surface area contributed by atoms with Crippen LogP contribution in [-0.2, 0) is 0 Å². The van der Waals surface area contributed by atoms with Crippen LogP contribution in [0.5, 0.6) is 0 Å². The molecule has 1 aliphatic heterocycles. The number of anilines is 3. The number of fused-ring (bicyclic) bond motifs is 1. The molecule has 0 spiro atoms. The lowest BCUT2D eigenvalue weighted by Crippen LogP contribution is -2.38. The highest BCUT2D eigenvalue weighted by Crippen LogP contribution is 2.34. The number of pyridine rings is 1. The summed E-state index contributed by atoms with van der Waals surface area (Å²) in [5, 5.41) is 18.7. The molecule has 0 radical (unpaired) electrons. The van der Waals surface area contributed by atoms with Crippen LogP contribution in [-0.4, -0.2) is 56.6 Å². The van der Waals surface area contributed by atoms with Gasteiger partial charge in [0.15, 0.2) is 0 Å². The fourth-order valence-corrected chi connectivity index (χ4v) is 6.00. The molecule has 4 heterocycles. The molecule has 5 rings (SSSR count). The number of aliphatic hydroxyl groups excluding tert-OH is 1. The molecule has 0 bridgehead atoms. The van der Waals surface area contributed by atoms with E-state index in [1.807, 2.05) is 40.2 Å². The number of carbonyl (C=O) groups is 1. The highest BCUT2D eigenvalue weighted by atomic mass is 32.1. The molecule has 0 atom stereocenters. The molecule has 0 saturated carbocycles. The molecule has 8 nitrogen and oxygen atoms in total. The molecule has 1 aliphatic rings. The number of piperidine rings is 1. The molecule has 3 aromatic heterocycles. The third kappa shape index (κ3) is 5.50. The minimum absolute atomic E-state index is 0.0250. The van der Waals surface area contributed by atoms with Gasteiger partial charge in [0.1, 0.15) is 16.5 Å². The Hall–Kier alpha value is -3.08. The van der Waals surface area contributed by atoms with Gasteiger partial charge in [0.05, 0.1) is 21.3 Å². The monoisotopic (exact) mass is 522 g/mol. The SMILES string of the molecule is CC(C)Nc1cc(Nc2ccc3ncsc3c2)ncc1-c1nc(C(=O)N2CCC(CCO)CC2)cs1. The molecule has 188 valence electrons. The largest absolute Gasteiger partial charge is 0.396 e. The lowest BCUT2D eigenvalue weighted by molar-refractivity contribution is 0.0673. The van der Waals surface area contributed by atoms with E-state index >= 15 is 0 Å². The number of nitrogens with zero attached hydrogens (tertiary/aromatic N) is 4. The number of thiazole rings is 2. The summed E-state index contributed by atoms with van der Waals surface area (Å²) in [6, 6.07) is 8.27. The maximum atomic E-state index is 13.1. The first-order valence-electron chi connectivity index (χ1n) is 12.2. The van der Waals surface area contributed by atoms with Crippen molar-refractivity contribution in [3.05, 3.63) is 47.0 Å². The molecular weight excluding hydrogens is 492 g/mol. The number of aliphatic hydroxyl groups is 1. The van der Waals surface area contributed by atoms with E-state index in [4.69, 9.17) is 4.98 Å². The first kappa shape index (κ1) is 24.6. The van der Waals surface area contributed by atoms with Gasteiger partial charge < -0.3 is 20.6 Å². The summed E-state index contributed by atoms with van der Waals surface area (Å²) in [7, 11) is 0. The normalized spacial score (nSPS) is 14.5. The second kappa shape index (κ2) is 10.9. The van der Waals surface area contributed by atoms with Crippen molar-refractivity contribution in [2.24, 2.45) is 5.92 Å². The third-order valence-electron chi connectivity index (χ3n) is 6.34. The molecule has 1 aromatic carbocycles. The van der Waals surface area contributed by atoms with Gasteiger partial charge in [0, 0.05) is 54.8 Å². The standard InChI is InChI=1S/C26H30N6O2S2/c1-16(2)29-21-12-24(30-18-3-4-20-23(11-18)36-15-28-20)27-13-19(21)25-31-22(14-35-25)26(34)32-8-5-17(6-9-32)7-10-33/h3-4,11-17,33H,5-10H2,1-2H3,(H2,27,29,30). The molecule has 1 saturated heterocycles. The Bertz CT molecular complexity index is 1340. The number of carbonyl (C=O) groups excluding carboxylic acids is 1. The Morgan fingerprint density at radius 2 is 2.03 bits per heavy atom. The van der Waals surface area contributed by atoms with Gasteiger partial charge in [-0.25, -0.2) is 15.0 Å². The van der Waals surface area contributed by atoms with Crippen LogP contribution in [0.1, 0.15) is 43.6 Å². The Morgan fingerprint density at radius 1 is 1.19 bits per heavy atom. The molecule has 1 amide bonds. The number of amides is 1. The maximum absolute atomic E-state index is 13.1. The van der Waals surface area contributed by atoms with Crippen molar-refractivity contribution in [2.75, 3.05) is 30.3 Å². The van der Waals surface area contributed by atoms with E-state index in [-0.39, 0.29) is 18.6 Å². The molecule has 4 aromatic rings. The number of likely N-dealkylation sites (tertiary alicyclic amines) is 1. The fraction of sp³-hybridized carbons (Fsp3) is 0.385. The Kier molecular flexibility index (Phi) is 7.45. The minimum Gasteiger partial charge on any atom is -0.396 e. The average molecular weight is 523 g/mol. The Labute approximate surface area is 218 Å². The van der Waals surface area contributed by atoms with Crippen LogP contribution < -0.4 is 10.6 Å². The number of benzene rings is 1. The minimum atomic E-state index is -0.0250. The number of hydrogen-bond acceptors (Lipinski definition) is 9. The molecule has 1 fully saturated rings. The van der Waals surface area contributed by atoms with E-state index in [0.29, 0.717) is 24.7 Å². The number of rotatable bonds is 8. The van der Waals surface area contributed by atoms with Gasteiger partial charge in [-0.1, -0.05) is 0 Å². The second-order valence-corrected chi connectivity index (χ2v) is 11.1. The summed E-state index contributed by atoms with van der Waals surface area (Å²) in [6.07, 6.45) is 4.48. The van der Waals surface area contributed by atoms with Crippen molar-refractivity contribution in [3.63, 3.8) is 0 Å². The van der Waals surface area contributed by atoms with E-state index in [9.17, 15) is 9.90 Å². The molecule has 10 heteroatoms. The zero-order valence-corrected chi connectivity index (χ0v) is 22.0. The second-order valence-electron chi connectivity index (χ2n) is 9.36. The van der Waals surface area contributed by atoms with Crippen molar-refractivity contribution in [1.82, 2.24) is 19.9 Å². The summed E-state index contributed by atoms with van der Waals surface area (Å²) in [4.78, 5) is 28.6. The molecule has 36 heavy (non-hydrogen) atoms. The van der Waals surface area contributed by atoms with Crippen molar-refractivity contribution >= 4 is 56.0 Å². The first-order valence-corrected chi connectivity index (χ1v) is 14.0. The molecule has 0 aliphatic carbocycles. The van der Waals surface area contributed by atoms with Crippen LogP contribution in [0.15, 0.2) is 41.4 Å². The van der Waals surface area contributed by atoms with Gasteiger partial charge >= 0.3 is 0 Å². The van der Waals surface area contributed by atoms with Crippen LogP contribution >= 0.6 is 22.7 Å². The van der Waals surface area contributed by atoms with Gasteiger partial charge in [-0.2, -0.15) is 0 Å². The van der Waals surface area contributed by atoms with Gasteiger partial charge in [-0.3, -0.25) is 4.79 Å². The highest BCUT2D eigenvalue weighted by molar-refractivity contribution is 7.16. The van der Waals surface area contributed by atoms with Gasteiger partial charge in [-0.15, -0.1) is 22.7 Å². The van der Waals surface area contributed by atoms with Crippen molar-refractivity contribution in [1.29, 1.82) is 0 Å². The summed E-state index contributed by atoms with van der Waals surface area (Å²) in [5.41, 5.74) is 6.05. The lowest BCUT2D eigenvalue weighted by Gasteiger charge is -2.31. The third-order valence-corrected chi connectivity index (χ3v) is 8.01. The van der Waals surface area contributed by atoms with E-state index in [0.717, 1.165) is 57.2 Å². The average Bonchev–Trinajstić information content (AvgIpc) is 3.54. The van der Waals surface area contributed by atoms with Crippen molar-refractivity contribution in [2.45, 2.75) is 39.2 Å². The predicted molar refractivity (Wildman–Crippen MR) is 147 cm³/mol. The van der Waals surface area contributed by atoms with Crippen LogP contribution in [0.25, 0.3) is 20.8 Å². The summed E-state index contributed by atoms with van der Waals surface area (Å²) in [6.45, 7) is 5.82. The van der Waals surface area contributed by atoms with Crippen LogP contribution in [0.2, 0.25) is 0 Å². The number of hydrogen-bond donors (Lipinski definition) is 3. The van der Waals surface area contributed by atoms with Gasteiger partial charge in [0.2, 0.25) is 0 Å². The van der Waals surface area contributed by atoms with E-state index in [1.54, 1.807) is 11.3 Å². The maximum Gasteiger partial charge on any atom is 0.273 e. The van der Waals surface area contributed by atoms with Crippen molar-refractivity contribution in [3.8, 4) is 10.6 Å². The predicted octanol–water partition coefficient (Wildman–Crippen LogP) is 5.61. The van der Waals surface area contributed by atoms with Crippen molar-refractivity contribution < 1.29 is 9.90 Å². The summed E-state index contributed by atoms with van der Waals surface area (Å²) in [5.74, 6) is 1.20. The van der Waals surface area contributed by atoms with Gasteiger partial charge in [0.25, 0.3) is 5.91 Å². The topological polar surface area (TPSA) is 103 Å². The molecule has 0 unspecified atom stereocenters. The lowest BCUT2D eigenvalue weighted by atomic mass is 9.94. The zero-order valence-electron chi connectivity index (χ0n) is 20.4. The smallest absolute Gasteiger partial charge is 0.273 e. The van der Waals surface area contributed by atoms with E-state index in [2.05, 4.69) is 40.5 Å². The first-order chi connectivity index (χ1) is 17.5. The van der Waals surface area contributed by atoms with Gasteiger partial charge in [-0.05, 0) is 57.2 Å². The molecular formula is C26H30N6O2S2. The summed E-state index contributed by atoms with van der Waals surface area (Å²) >= 11 is 3.07. The van der Waals surface area contributed by atoms with Crippen LogP contribution in [0.4, 0.5) is 17.2 Å². The Balaban J connectivity index is 1.34. The quantitative estimate of drug-likeness (QED) is 0.276. The van der Waals surface area contributed by atoms with Crippen LogP contribution in [0.3, 0.4) is 0 Å². The van der Waals surface area contributed by atoms with E-state index in [1.165, 1.54) is 11.3 Å².